The summed E-state index contributed by atoms with van der Waals surface area (Å²) >= 11 is 0. The van der Waals surface area contributed by atoms with Crippen LogP contribution in [0.1, 0.15) is 37.6 Å². The lowest BCUT2D eigenvalue weighted by atomic mass is 9.93. The van der Waals surface area contributed by atoms with E-state index in [-0.39, 0.29) is 11.0 Å². The zero-order valence-electron chi connectivity index (χ0n) is 10.5. The number of hydrogen-bond acceptors (Lipinski definition) is 3. The molecule has 1 rings (SSSR count). The van der Waals surface area contributed by atoms with E-state index in [0.717, 1.165) is 6.42 Å². The average Bonchev–Trinajstić information content (AvgIpc) is 2.18. The number of rotatable bonds is 4. The first-order valence-corrected chi connectivity index (χ1v) is 5.55. The van der Waals surface area contributed by atoms with Gasteiger partial charge in [0.1, 0.15) is 5.75 Å². The van der Waals surface area contributed by atoms with E-state index < -0.39 is 5.97 Å². The van der Waals surface area contributed by atoms with Crippen LogP contribution in [0.5, 0.6) is 5.75 Å². The van der Waals surface area contributed by atoms with Crippen LogP contribution >= 0.6 is 0 Å². The highest BCUT2D eigenvalue weighted by molar-refractivity contribution is 5.89. The number of nitrogen functional groups attached to an aromatic ring is 1. The second-order valence-electron chi connectivity index (χ2n) is 5.22. The van der Waals surface area contributed by atoms with Crippen LogP contribution in [0.25, 0.3) is 0 Å². The van der Waals surface area contributed by atoms with Crippen molar-refractivity contribution in [1.29, 1.82) is 0 Å². The summed E-state index contributed by atoms with van der Waals surface area (Å²) in [5, 5.41) is 8.79. The van der Waals surface area contributed by atoms with Crippen LogP contribution in [0.4, 0.5) is 5.69 Å². The van der Waals surface area contributed by atoms with Crippen LogP contribution in [0.3, 0.4) is 0 Å². The Balaban J connectivity index is 2.64. The fourth-order valence-corrected chi connectivity index (χ4v) is 1.28. The summed E-state index contributed by atoms with van der Waals surface area (Å²) in [7, 11) is 0. The minimum atomic E-state index is -0.988. The maximum absolute atomic E-state index is 10.7. The zero-order chi connectivity index (χ0) is 13.1. The van der Waals surface area contributed by atoms with Crippen molar-refractivity contribution in [2.45, 2.75) is 27.2 Å². The van der Waals surface area contributed by atoms with Gasteiger partial charge in [-0.3, -0.25) is 0 Å². The largest absolute Gasteiger partial charge is 0.491 e. The molecule has 0 bridgehead atoms. The molecule has 0 saturated heterocycles. The van der Waals surface area contributed by atoms with Gasteiger partial charge in [-0.15, -0.1) is 0 Å². The third-order valence-corrected chi connectivity index (χ3v) is 2.37. The van der Waals surface area contributed by atoms with Crippen molar-refractivity contribution in [3.05, 3.63) is 23.8 Å². The van der Waals surface area contributed by atoms with E-state index in [9.17, 15) is 4.79 Å². The van der Waals surface area contributed by atoms with Gasteiger partial charge in [-0.2, -0.15) is 0 Å². The molecule has 0 aliphatic heterocycles. The summed E-state index contributed by atoms with van der Waals surface area (Å²) in [6.45, 7) is 6.97. The third kappa shape index (κ3) is 4.34. The highest BCUT2D eigenvalue weighted by Gasteiger charge is 2.11. The Morgan fingerprint density at radius 1 is 1.41 bits per heavy atom. The van der Waals surface area contributed by atoms with Crippen LogP contribution in [0.15, 0.2) is 18.2 Å². The van der Waals surface area contributed by atoms with Gasteiger partial charge in [-0.05, 0) is 30.0 Å². The van der Waals surface area contributed by atoms with E-state index in [1.54, 1.807) is 6.07 Å². The fraction of sp³-hybridized carbons (Fsp3) is 0.462. The average molecular weight is 237 g/mol. The topological polar surface area (TPSA) is 72.5 Å². The first-order valence-electron chi connectivity index (χ1n) is 5.55. The number of ether oxygens (including phenoxy) is 1. The molecule has 4 heteroatoms. The van der Waals surface area contributed by atoms with Gasteiger partial charge in [0, 0.05) is 0 Å². The van der Waals surface area contributed by atoms with Crippen LogP contribution < -0.4 is 10.5 Å². The van der Waals surface area contributed by atoms with Gasteiger partial charge in [0.2, 0.25) is 0 Å². The zero-order valence-corrected chi connectivity index (χ0v) is 10.5. The predicted molar refractivity (Wildman–Crippen MR) is 67.4 cm³/mol. The van der Waals surface area contributed by atoms with E-state index >= 15 is 0 Å². The molecular weight excluding hydrogens is 218 g/mol. The minimum absolute atomic E-state index is 0.172. The van der Waals surface area contributed by atoms with Crippen molar-refractivity contribution in [3.8, 4) is 5.75 Å². The number of carbonyl (C=O) groups is 1. The van der Waals surface area contributed by atoms with Gasteiger partial charge in [0.25, 0.3) is 0 Å². The molecule has 0 atom stereocenters. The van der Waals surface area contributed by atoms with Gasteiger partial charge in [0.05, 0.1) is 17.9 Å². The smallest absolute Gasteiger partial charge is 0.335 e. The Hall–Kier alpha value is -1.71. The molecular formula is C13H19NO3. The molecule has 1 aromatic carbocycles. The monoisotopic (exact) mass is 237 g/mol. The van der Waals surface area contributed by atoms with Gasteiger partial charge < -0.3 is 15.6 Å². The van der Waals surface area contributed by atoms with E-state index in [1.165, 1.54) is 12.1 Å². The molecule has 1 aromatic rings. The van der Waals surface area contributed by atoms with Crippen LogP contribution in [0, 0.1) is 5.41 Å². The molecule has 0 aromatic heterocycles. The van der Waals surface area contributed by atoms with Crippen molar-refractivity contribution in [2.24, 2.45) is 5.41 Å². The summed E-state index contributed by atoms with van der Waals surface area (Å²) in [4.78, 5) is 10.7. The summed E-state index contributed by atoms with van der Waals surface area (Å²) in [6.07, 6.45) is 0.910. The summed E-state index contributed by atoms with van der Waals surface area (Å²) in [6, 6.07) is 4.50. The molecule has 0 aliphatic carbocycles. The standard InChI is InChI=1S/C13H19NO3/c1-13(2,3)6-7-17-11-5-4-9(12(15)16)8-10(11)14/h4-5,8H,6-7,14H2,1-3H3,(H,15,16). The van der Waals surface area contributed by atoms with Gasteiger partial charge in [-0.25, -0.2) is 4.79 Å². The van der Waals surface area contributed by atoms with Gasteiger partial charge in [-0.1, -0.05) is 20.8 Å². The van der Waals surface area contributed by atoms with Crippen LogP contribution in [-0.2, 0) is 0 Å². The van der Waals surface area contributed by atoms with Crippen molar-refractivity contribution in [1.82, 2.24) is 0 Å². The number of hydrogen-bond donors (Lipinski definition) is 2. The Labute approximate surface area is 101 Å². The summed E-state index contributed by atoms with van der Waals surface area (Å²) < 4.78 is 5.53. The predicted octanol–water partition coefficient (Wildman–Crippen LogP) is 2.78. The lowest BCUT2D eigenvalue weighted by molar-refractivity contribution is 0.0697. The Morgan fingerprint density at radius 2 is 2.06 bits per heavy atom. The number of anilines is 1. The minimum Gasteiger partial charge on any atom is -0.491 e. The van der Waals surface area contributed by atoms with E-state index in [0.29, 0.717) is 18.0 Å². The summed E-state index contributed by atoms with van der Waals surface area (Å²) in [5.74, 6) is -0.447. The molecule has 0 fully saturated rings. The van der Waals surface area contributed by atoms with E-state index in [2.05, 4.69) is 20.8 Å². The Kier molecular flexibility index (Phi) is 3.99. The quantitative estimate of drug-likeness (QED) is 0.790. The second-order valence-corrected chi connectivity index (χ2v) is 5.22. The lowest BCUT2D eigenvalue weighted by Crippen LogP contribution is -2.11. The maximum Gasteiger partial charge on any atom is 0.335 e. The molecule has 94 valence electrons. The molecule has 0 heterocycles. The maximum atomic E-state index is 10.7. The molecule has 4 nitrogen and oxygen atoms in total. The van der Waals surface area contributed by atoms with Crippen molar-refractivity contribution >= 4 is 11.7 Å². The van der Waals surface area contributed by atoms with Crippen molar-refractivity contribution in [3.63, 3.8) is 0 Å². The van der Waals surface area contributed by atoms with E-state index in [4.69, 9.17) is 15.6 Å². The summed E-state index contributed by atoms with van der Waals surface area (Å²) in [5.41, 5.74) is 6.46. The third-order valence-electron chi connectivity index (χ3n) is 2.37. The number of nitrogens with two attached hydrogens (primary N) is 1. The van der Waals surface area contributed by atoms with Crippen LogP contribution in [0.2, 0.25) is 0 Å². The normalized spacial score (nSPS) is 11.2. The number of benzene rings is 1. The highest BCUT2D eigenvalue weighted by atomic mass is 16.5. The van der Waals surface area contributed by atoms with Gasteiger partial charge in [0.15, 0.2) is 0 Å². The lowest BCUT2D eigenvalue weighted by Gasteiger charge is -2.18. The Morgan fingerprint density at radius 3 is 2.53 bits per heavy atom. The van der Waals surface area contributed by atoms with Gasteiger partial charge >= 0.3 is 5.97 Å². The molecule has 0 spiro atoms. The van der Waals surface area contributed by atoms with E-state index in [1.807, 2.05) is 0 Å². The molecule has 17 heavy (non-hydrogen) atoms. The Bertz CT molecular complexity index is 408. The number of aromatic carboxylic acids is 1. The molecule has 0 amide bonds. The molecule has 0 unspecified atom stereocenters. The first kappa shape index (κ1) is 13.4. The molecule has 0 aliphatic rings. The van der Waals surface area contributed by atoms with Crippen molar-refractivity contribution < 1.29 is 14.6 Å². The molecule has 0 radical (unpaired) electrons. The molecule has 3 N–H and O–H groups in total. The molecule has 0 saturated carbocycles. The number of carboxylic acid groups (broad SMARTS) is 1. The SMILES string of the molecule is CC(C)(C)CCOc1ccc(C(=O)O)cc1N. The van der Waals surface area contributed by atoms with Crippen molar-refractivity contribution in [2.75, 3.05) is 12.3 Å². The number of carboxylic acids is 1. The first-order chi connectivity index (χ1) is 7.79. The fourth-order valence-electron chi connectivity index (χ4n) is 1.28. The van der Waals surface area contributed by atoms with Crippen LogP contribution in [-0.4, -0.2) is 17.7 Å². The second kappa shape index (κ2) is 5.08. The highest BCUT2D eigenvalue weighted by Crippen LogP contribution is 2.24.